The largest absolute Gasteiger partial charge is 0.606 e. The Kier molecular flexibility index (Phi) is 6.39. The summed E-state index contributed by atoms with van der Waals surface area (Å²) < 4.78 is 13.0. The van der Waals surface area contributed by atoms with Crippen molar-refractivity contribution in [3.05, 3.63) is 53.6 Å². The second-order valence-electron chi connectivity index (χ2n) is 7.08. The van der Waals surface area contributed by atoms with E-state index in [1.165, 1.54) is 4.90 Å². The number of nitrogens with zero attached hydrogens (tertiary/aromatic N) is 2. The third-order valence-corrected chi connectivity index (χ3v) is 6.22. The van der Waals surface area contributed by atoms with Crippen LogP contribution in [-0.2, 0) is 11.2 Å². The molecule has 1 aliphatic rings. The van der Waals surface area contributed by atoms with Gasteiger partial charge in [0.05, 0.1) is 5.56 Å². The van der Waals surface area contributed by atoms with Crippen LogP contribution in [0.4, 0.5) is 5.69 Å². The lowest BCUT2D eigenvalue weighted by Crippen LogP contribution is -2.28. The number of carbonyl (C=O) groups excluding carboxylic acids is 2. The average Bonchev–Trinajstić information content (AvgIpc) is 2.77. The fourth-order valence-electron chi connectivity index (χ4n) is 3.15. The molecule has 7 heteroatoms. The zero-order valence-electron chi connectivity index (χ0n) is 16.4. The normalized spacial score (nSPS) is 15.8. The lowest BCUT2D eigenvalue weighted by molar-refractivity contribution is 0.0950. The van der Waals surface area contributed by atoms with Crippen LogP contribution in [0.15, 0.2) is 52.3 Å². The summed E-state index contributed by atoms with van der Waals surface area (Å²) in [6.45, 7) is 1.57. The maximum Gasteiger partial charge on any atom is 0.263 e. The van der Waals surface area contributed by atoms with Gasteiger partial charge in [-0.2, -0.15) is 0 Å². The first-order chi connectivity index (χ1) is 13.4. The van der Waals surface area contributed by atoms with Crippen molar-refractivity contribution in [2.75, 3.05) is 39.1 Å². The monoisotopic (exact) mass is 399 g/mol. The fourth-order valence-corrected chi connectivity index (χ4v) is 4.52. The molecule has 1 heterocycles. The summed E-state index contributed by atoms with van der Waals surface area (Å²) in [7, 11) is 5.69. The van der Waals surface area contributed by atoms with Crippen molar-refractivity contribution >= 4 is 28.7 Å². The van der Waals surface area contributed by atoms with E-state index in [0.717, 1.165) is 19.4 Å². The van der Waals surface area contributed by atoms with Gasteiger partial charge < -0.3 is 19.7 Å². The highest BCUT2D eigenvalue weighted by molar-refractivity contribution is 7.91. The molecule has 1 N–H and O–H groups in total. The minimum Gasteiger partial charge on any atom is -0.606 e. The number of hydrogen-bond acceptors (Lipinski definition) is 4. The zero-order chi connectivity index (χ0) is 20.3. The molecule has 0 saturated heterocycles. The summed E-state index contributed by atoms with van der Waals surface area (Å²) in [5.41, 5.74) is 1.38. The van der Waals surface area contributed by atoms with E-state index < -0.39 is 11.2 Å². The van der Waals surface area contributed by atoms with Crippen LogP contribution in [0.1, 0.15) is 33.6 Å². The number of unbranched alkanes of at least 4 members (excludes halogenated alkanes) is 1. The number of anilines is 1. The summed E-state index contributed by atoms with van der Waals surface area (Å²) in [6.07, 6.45) is 1.90. The van der Waals surface area contributed by atoms with Crippen molar-refractivity contribution < 1.29 is 14.1 Å². The van der Waals surface area contributed by atoms with Crippen LogP contribution in [0.25, 0.3) is 0 Å². The zero-order valence-corrected chi connectivity index (χ0v) is 17.2. The minimum absolute atomic E-state index is 0.193. The highest BCUT2D eigenvalue weighted by Gasteiger charge is 2.34. The summed E-state index contributed by atoms with van der Waals surface area (Å²) in [5, 5.41) is 2.91. The molecule has 2 aromatic carbocycles. The first kappa shape index (κ1) is 20.4. The van der Waals surface area contributed by atoms with Crippen LogP contribution in [0.5, 0.6) is 0 Å². The molecule has 3 rings (SSSR count). The molecule has 1 atom stereocenters. The van der Waals surface area contributed by atoms with Gasteiger partial charge in [0.2, 0.25) is 0 Å². The van der Waals surface area contributed by atoms with Crippen molar-refractivity contribution in [2.24, 2.45) is 0 Å². The highest BCUT2D eigenvalue weighted by Crippen LogP contribution is 2.36. The Balaban J connectivity index is 1.79. The standard InChI is InChI=1S/C21H25N3O3S/c1-23(2)13-7-6-12-22-20(25)15-10-11-19-17(14-15)24(3)21(26)16-8-4-5-9-18(16)28(19)27/h4-5,8-11,14H,6-7,12-13H2,1-3H3,(H,22,25). The van der Waals surface area contributed by atoms with Crippen molar-refractivity contribution in [1.29, 1.82) is 0 Å². The van der Waals surface area contributed by atoms with E-state index in [1.807, 2.05) is 14.1 Å². The number of benzene rings is 2. The molecule has 28 heavy (non-hydrogen) atoms. The summed E-state index contributed by atoms with van der Waals surface area (Å²) >= 11 is -1.48. The van der Waals surface area contributed by atoms with Gasteiger partial charge in [-0.25, -0.2) is 0 Å². The Labute approximate surface area is 168 Å². The van der Waals surface area contributed by atoms with Gasteiger partial charge in [0.1, 0.15) is 5.69 Å². The molecule has 6 nitrogen and oxygen atoms in total. The minimum atomic E-state index is -1.48. The maximum atomic E-state index is 13.0. The van der Waals surface area contributed by atoms with Crippen LogP contribution in [0, 0.1) is 0 Å². The van der Waals surface area contributed by atoms with E-state index in [-0.39, 0.29) is 11.8 Å². The molecular weight excluding hydrogens is 374 g/mol. The molecule has 0 bridgehead atoms. The molecule has 0 radical (unpaired) electrons. The first-order valence-corrected chi connectivity index (χ1v) is 10.4. The van der Waals surface area contributed by atoms with Gasteiger partial charge in [-0.15, -0.1) is 0 Å². The van der Waals surface area contributed by atoms with Crippen molar-refractivity contribution in [1.82, 2.24) is 10.2 Å². The lowest BCUT2D eigenvalue weighted by Gasteiger charge is -2.17. The van der Waals surface area contributed by atoms with E-state index in [2.05, 4.69) is 10.2 Å². The third-order valence-electron chi connectivity index (χ3n) is 4.72. The number of carbonyl (C=O) groups is 2. The van der Waals surface area contributed by atoms with Crippen LogP contribution < -0.4 is 10.2 Å². The van der Waals surface area contributed by atoms with E-state index in [9.17, 15) is 14.1 Å². The average molecular weight is 400 g/mol. The highest BCUT2D eigenvalue weighted by atomic mass is 32.2. The maximum absolute atomic E-state index is 13.0. The van der Waals surface area contributed by atoms with Crippen LogP contribution >= 0.6 is 0 Å². The molecule has 2 amide bonds. The molecule has 0 aliphatic carbocycles. The smallest absolute Gasteiger partial charge is 0.263 e. The Bertz CT molecular complexity index is 885. The van der Waals surface area contributed by atoms with Gasteiger partial charge in [0, 0.05) is 30.3 Å². The van der Waals surface area contributed by atoms with E-state index in [0.29, 0.717) is 33.2 Å². The van der Waals surface area contributed by atoms with Gasteiger partial charge in [-0.1, -0.05) is 12.1 Å². The second kappa shape index (κ2) is 8.77. The predicted octanol–water partition coefficient (Wildman–Crippen LogP) is 2.51. The second-order valence-corrected chi connectivity index (χ2v) is 8.49. The predicted molar refractivity (Wildman–Crippen MR) is 110 cm³/mol. The molecule has 1 aliphatic heterocycles. The fraction of sp³-hybridized carbons (Fsp3) is 0.333. The van der Waals surface area contributed by atoms with Crippen LogP contribution in [0.3, 0.4) is 0 Å². The van der Waals surface area contributed by atoms with Crippen LogP contribution in [-0.4, -0.2) is 55.5 Å². The number of amides is 2. The molecule has 0 saturated carbocycles. The Morgan fingerprint density at radius 1 is 1.14 bits per heavy atom. The topological polar surface area (TPSA) is 75.7 Å². The number of hydrogen-bond donors (Lipinski definition) is 1. The van der Waals surface area contributed by atoms with Gasteiger partial charge in [-0.05, 0) is 63.8 Å². The van der Waals surface area contributed by atoms with Gasteiger partial charge in [-0.3, -0.25) is 9.59 Å². The Morgan fingerprint density at radius 2 is 1.89 bits per heavy atom. The first-order valence-electron chi connectivity index (χ1n) is 9.26. The number of rotatable bonds is 6. The quantitative estimate of drug-likeness (QED) is 0.598. The van der Waals surface area contributed by atoms with E-state index in [4.69, 9.17) is 0 Å². The van der Waals surface area contributed by atoms with E-state index >= 15 is 0 Å². The SMILES string of the molecule is CN(C)CCCCNC(=O)c1ccc2c(c1)N(C)C(=O)c1ccccc1[S+]2[O-]. The molecule has 0 spiro atoms. The van der Waals surface area contributed by atoms with E-state index in [1.54, 1.807) is 49.5 Å². The van der Waals surface area contributed by atoms with Gasteiger partial charge in [0.15, 0.2) is 9.79 Å². The molecule has 2 aromatic rings. The van der Waals surface area contributed by atoms with Crippen molar-refractivity contribution in [3.63, 3.8) is 0 Å². The van der Waals surface area contributed by atoms with Crippen LogP contribution in [0.2, 0.25) is 0 Å². The molecule has 0 fully saturated rings. The third kappa shape index (κ3) is 4.22. The molecule has 148 valence electrons. The summed E-state index contributed by atoms with van der Waals surface area (Å²) in [4.78, 5) is 29.9. The summed E-state index contributed by atoms with van der Waals surface area (Å²) in [6, 6.07) is 11.9. The van der Waals surface area contributed by atoms with Crippen molar-refractivity contribution in [3.8, 4) is 0 Å². The van der Waals surface area contributed by atoms with Crippen molar-refractivity contribution in [2.45, 2.75) is 22.6 Å². The Hall–Kier alpha value is -2.35. The number of fused-ring (bicyclic) bond motifs is 2. The Morgan fingerprint density at radius 3 is 2.64 bits per heavy atom. The lowest BCUT2D eigenvalue weighted by atomic mass is 10.1. The molecular formula is C21H25N3O3S. The van der Waals surface area contributed by atoms with Gasteiger partial charge >= 0.3 is 0 Å². The van der Waals surface area contributed by atoms with Gasteiger partial charge in [0.25, 0.3) is 11.8 Å². The summed E-state index contributed by atoms with van der Waals surface area (Å²) in [5.74, 6) is -0.426. The molecule has 1 unspecified atom stereocenters. The number of nitrogens with one attached hydrogen (secondary N) is 1. The molecule has 0 aromatic heterocycles.